The van der Waals surface area contributed by atoms with Crippen LogP contribution in [0, 0.1) is 12.8 Å². The number of carboxylic acid groups (broad SMARTS) is 1. The second-order valence-electron chi connectivity index (χ2n) is 5.15. The average Bonchev–Trinajstić information content (AvgIpc) is 2.39. The number of rotatable bonds is 4. The lowest BCUT2D eigenvalue weighted by molar-refractivity contribution is -0.147. The Labute approximate surface area is 113 Å². The van der Waals surface area contributed by atoms with Gasteiger partial charge in [0.2, 0.25) is 5.91 Å². The molecule has 0 aliphatic carbocycles. The Morgan fingerprint density at radius 2 is 2.05 bits per heavy atom. The molecule has 0 aromatic heterocycles. The number of carboxylic acids is 1. The molecule has 2 rings (SSSR count). The van der Waals surface area contributed by atoms with Gasteiger partial charge in [-0.05, 0) is 25.3 Å². The number of likely N-dealkylation sites (tertiary alicyclic amines) is 1. The molecule has 0 radical (unpaired) electrons. The summed E-state index contributed by atoms with van der Waals surface area (Å²) in [6, 6.07) is 8.21. The third kappa shape index (κ3) is 3.56. The van der Waals surface area contributed by atoms with Gasteiger partial charge in [0.1, 0.15) is 0 Å². The van der Waals surface area contributed by atoms with Gasteiger partial charge in [-0.15, -0.1) is 0 Å². The normalized spacial score (nSPS) is 19.5. The third-order valence-electron chi connectivity index (χ3n) is 3.64. The van der Waals surface area contributed by atoms with Crippen LogP contribution in [0.15, 0.2) is 24.3 Å². The SMILES string of the molecule is Cc1ccc(CCN2CC(C(=O)O)CCC2=O)cc1. The first kappa shape index (κ1) is 13.6. The number of hydrogen-bond acceptors (Lipinski definition) is 2. The number of piperidine rings is 1. The summed E-state index contributed by atoms with van der Waals surface area (Å²) in [5, 5.41) is 9.02. The molecule has 19 heavy (non-hydrogen) atoms. The van der Waals surface area contributed by atoms with Crippen LogP contribution >= 0.6 is 0 Å². The van der Waals surface area contributed by atoms with Crippen LogP contribution in [0.4, 0.5) is 0 Å². The molecular weight excluding hydrogens is 242 g/mol. The van der Waals surface area contributed by atoms with E-state index in [1.54, 1.807) is 4.90 Å². The standard InChI is InChI=1S/C15H19NO3/c1-11-2-4-12(5-3-11)8-9-16-10-13(15(18)19)6-7-14(16)17/h2-5,13H,6-10H2,1H3,(H,18,19). The third-order valence-corrected chi connectivity index (χ3v) is 3.64. The summed E-state index contributed by atoms with van der Waals surface area (Å²) < 4.78 is 0. The second-order valence-corrected chi connectivity index (χ2v) is 5.15. The molecule has 1 amide bonds. The van der Waals surface area contributed by atoms with Crippen molar-refractivity contribution in [1.82, 2.24) is 4.90 Å². The van der Waals surface area contributed by atoms with E-state index in [-0.39, 0.29) is 5.91 Å². The molecule has 4 nitrogen and oxygen atoms in total. The van der Waals surface area contributed by atoms with Gasteiger partial charge in [-0.1, -0.05) is 29.8 Å². The summed E-state index contributed by atoms with van der Waals surface area (Å²) in [5.41, 5.74) is 2.39. The molecule has 1 aliphatic heterocycles. The lowest BCUT2D eigenvalue weighted by atomic mass is 9.97. The zero-order valence-corrected chi connectivity index (χ0v) is 11.1. The second kappa shape index (κ2) is 5.87. The molecule has 1 saturated heterocycles. The fourth-order valence-corrected chi connectivity index (χ4v) is 2.35. The number of aliphatic carboxylic acids is 1. The van der Waals surface area contributed by atoms with Crippen LogP contribution in [0.1, 0.15) is 24.0 Å². The molecule has 0 bridgehead atoms. The number of amides is 1. The molecule has 0 spiro atoms. The van der Waals surface area contributed by atoms with E-state index < -0.39 is 11.9 Å². The summed E-state index contributed by atoms with van der Waals surface area (Å²) in [6.07, 6.45) is 1.60. The number of carbonyl (C=O) groups excluding carboxylic acids is 1. The minimum Gasteiger partial charge on any atom is -0.481 e. The van der Waals surface area contributed by atoms with Crippen LogP contribution in [-0.2, 0) is 16.0 Å². The summed E-state index contributed by atoms with van der Waals surface area (Å²) in [4.78, 5) is 24.4. The lowest BCUT2D eigenvalue weighted by Crippen LogP contribution is -2.43. The van der Waals surface area contributed by atoms with Crippen molar-refractivity contribution in [2.75, 3.05) is 13.1 Å². The van der Waals surface area contributed by atoms with Crippen molar-refractivity contribution in [3.63, 3.8) is 0 Å². The largest absolute Gasteiger partial charge is 0.481 e. The van der Waals surface area contributed by atoms with Crippen molar-refractivity contribution in [2.45, 2.75) is 26.2 Å². The molecule has 1 atom stereocenters. The summed E-state index contributed by atoms with van der Waals surface area (Å²) in [6.45, 7) is 2.99. The Bertz CT molecular complexity index is 467. The number of benzene rings is 1. The van der Waals surface area contributed by atoms with Crippen molar-refractivity contribution in [2.24, 2.45) is 5.92 Å². The van der Waals surface area contributed by atoms with E-state index in [1.807, 2.05) is 19.1 Å². The van der Waals surface area contributed by atoms with Gasteiger partial charge in [-0.3, -0.25) is 9.59 Å². The van der Waals surface area contributed by atoms with E-state index in [2.05, 4.69) is 12.1 Å². The number of aryl methyl sites for hydroxylation is 1. The maximum Gasteiger partial charge on any atom is 0.308 e. The molecular formula is C15H19NO3. The molecule has 4 heteroatoms. The van der Waals surface area contributed by atoms with E-state index in [0.29, 0.717) is 25.9 Å². The molecule has 0 saturated carbocycles. The van der Waals surface area contributed by atoms with Crippen LogP contribution in [0.25, 0.3) is 0 Å². The van der Waals surface area contributed by atoms with Gasteiger partial charge >= 0.3 is 5.97 Å². The quantitative estimate of drug-likeness (QED) is 0.900. The van der Waals surface area contributed by atoms with E-state index in [9.17, 15) is 9.59 Å². The molecule has 1 aliphatic rings. The molecule has 1 unspecified atom stereocenters. The smallest absolute Gasteiger partial charge is 0.308 e. The highest BCUT2D eigenvalue weighted by molar-refractivity contribution is 5.80. The van der Waals surface area contributed by atoms with E-state index >= 15 is 0 Å². The van der Waals surface area contributed by atoms with Crippen molar-refractivity contribution in [3.05, 3.63) is 35.4 Å². The van der Waals surface area contributed by atoms with Gasteiger partial charge in [0.05, 0.1) is 5.92 Å². The number of hydrogen-bond donors (Lipinski definition) is 1. The monoisotopic (exact) mass is 261 g/mol. The topological polar surface area (TPSA) is 57.6 Å². The zero-order valence-electron chi connectivity index (χ0n) is 11.1. The van der Waals surface area contributed by atoms with Gasteiger partial charge in [0, 0.05) is 19.5 Å². The zero-order chi connectivity index (χ0) is 13.8. The molecule has 1 aromatic carbocycles. The Balaban J connectivity index is 1.92. The van der Waals surface area contributed by atoms with E-state index in [4.69, 9.17) is 5.11 Å². The van der Waals surface area contributed by atoms with Gasteiger partial charge in [0.15, 0.2) is 0 Å². The summed E-state index contributed by atoms with van der Waals surface area (Å²) in [7, 11) is 0. The fraction of sp³-hybridized carbons (Fsp3) is 0.467. The number of carbonyl (C=O) groups is 2. The summed E-state index contributed by atoms with van der Waals surface area (Å²) in [5.74, 6) is -1.13. The van der Waals surface area contributed by atoms with E-state index in [1.165, 1.54) is 11.1 Å². The van der Waals surface area contributed by atoms with Crippen LogP contribution in [0.3, 0.4) is 0 Å². The maximum absolute atomic E-state index is 11.8. The first-order valence-corrected chi connectivity index (χ1v) is 6.62. The van der Waals surface area contributed by atoms with Gasteiger partial charge in [-0.2, -0.15) is 0 Å². The molecule has 1 fully saturated rings. The predicted octanol–water partition coefficient (Wildman–Crippen LogP) is 1.86. The minimum atomic E-state index is -0.798. The average molecular weight is 261 g/mol. The van der Waals surface area contributed by atoms with Crippen molar-refractivity contribution in [3.8, 4) is 0 Å². The van der Waals surface area contributed by atoms with Crippen molar-refractivity contribution >= 4 is 11.9 Å². The highest BCUT2D eigenvalue weighted by Gasteiger charge is 2.29. The van der Waals surface area contributed by atoms with Crippen LogP contribution in [0.2, 0.25) is 0 Å². The fourth-order valence-electron chi connectivity index (χ4n) is 2.35. The first-order valence-electron chi connectivity index (χ1n) is 6.62. The molecule has 1 heterocycles. The van der Waals surface area contributed by atoms with Crippen molar-refractivity contribution in [1.29, 1.82) is 0 Å². The van der Waals surface area contributed by atoms with E-state index in [0.717, 1.165) is 6.42 Å². The molecule has 1 N–H and O–H groups in total. The molecule has 102 valence electrons. The Kier molecular flexibility index (Phi) is 4.20. The number of nitrogens with zero attached hydrogens (tertiary/aromatic N) is 1. The predicted molar refractivity (Wildman–Crippen MR) is 71.8 cm³/mol. The van der Waals surface area contributed by atoms with Gasteiger partial charge in [-0.25, -0.2) is 0 Å². The Morgan fingerprint density at radius 3 is 2.68 bits per heavy atom. The summed E-state index contributed by atoms with van der Waals surface area (Å²) >= 11 is 0. The van der Waals surface area contributed by atoms with Crippen LogP contribution in [-0.4, -0.2) is 35.0 Å². The maximum atomic E-state index is 11.8. The van der Waals surface area contributed by atoms with Crippen LogP contribution in [0.5, 0.6) is 0 Å². The Hall–Kier alpha value is -1.84. The minimum absolute atomic E-state index is 0.0737. The highest BCUT2D eigenvalue weighted by Crippen LogP contribution is 2.18. The molecule has 1 aromatic rings. The van der Waals surface area contributed by atoms with Gasteiger partial charge in [0.25, 0.3) is 0 Å². The lowest BCUT2D eigenvalue weighted by Gasteiger charge is -2.30. The van der Waals surface area contributed by atoms with Crippen molar-refractivity contribution < 1.29 is 14.7 Å². The Morgan fingerprint density at radius 1 is 1.37 bits per heavy atom. The first-order chi connectivity index (χ1) is 9.06. The highest BCUT2D eigenvalue weighted by atomic mass is 16.4. The van der Waals surface area contributed by atoms with Crippen LogP contribution < -0.4 is 0 Å². The van der Waals surface area contributed by atoms with Gasteiger partial charge < -0.3 is 10.0 Å².